The van der Waals surface area contributed by atoms with E-state index in [9.17, 15) is 9.59 Å². The Balaban J connectivity index is 0.00000361. The Bertz CT molecular complexity index is 316. The molecule has 5 nitrogen and oxygen atoms in total. The molecule has 1 saturated carbocycles. The minimum atomic E-state index is -0.00606. The van der Waals surface area contributed by atoms with E-state index in [0.717, 1.165) is 12.8 Å². The second-order valence-corrected chi connectivity index (χ2v) is 5.83. The predicted molar refractivity (Wildman–Crippen MR) is 82.8 cm³/mol. The first-order chi connectivity index (χ1) is 8.99. The van der Waals surface area contributed by atoms with Crippen LogP contribution in [0.3, 0.4) is 0 Å². The average Bonchev–Trinajstić information content (AvgIpc) is 2.39. The average molecular weight is 306 g/mol. The van der Waals surface area contributed by atoms with Gasteiger partial charge in [-0.25, -0.2) is 0 Å². The van der Waals surface area contributed by atoms with E-state index < -0.39 is 0 Å². The first kappa shape index (κ1) is 19.2. The lowest BCUT2D eigenvalue weighted by Crippen LogP contribution is -2.39. The summed E-state index contributed by atoms with van der Waals surface area (Å²) in [4.78, 5) is 24.9. The minimum Gasteiger partial charge on any atom is -0.356 e. The summed E-state index contributed by atoms with van der Waals surface area (Å²) in [5, 5.41) is 2.83. The lowest BCUT2D eigenvalue weighted by Gasteiger charge is -2.35. The molecule has 1 rings (SSSR count). The molecule has 3 N–H and O–H groups in total. The molecule has 1 fully saturated rings. The van der Waals surface area contributed by atoms with Crippen LogP contribution >= 0.6 is 12.4 Å². The van der Waals surface area contributed by atoms with Crippen molar-refractivity contribution in [3.8, 4) is 0 Å². The lowest BCUT2D eigenvalue weighted by atomic mass is 9.71. The molecule has 1 aliphatic carbocycles. The van der Waals surface area contributed by atoms with E-state index in [0.29, 0.717) is 25.9 Å². The van der Waals surface area contributed by atoms with Crippen molar-refractivity contribution < 1.29 is 9.59 Å². The molecule has 0 aliphatic heterocycles. The molecule has 0 atom stereocenters. The van der Waals surface area contributed by atoms with E-state index in [1.165, 1.54) is 24.2 Å². The Morgan fingerprint density at radius 3 is 2.30 bits per heavy atom. The standard InChI is InChI=1S/C14H27N3O2.ClH/c1-17(2)13(19)6-9-16-12(18)10-14(11-15)7-4-3-5-8-14;/h3-11,15H2,1-2H3,(H,16,18);1H. The van der Waals surface area contributed by atoms with Gasteiger partial charge in [0.1, 0.15) is 0 Å². The summed E-state index contributed by atoms with van der Waals surface area (Å²) >= 11 is 0. The smallest absolute Gasteiger partial charge is 0.223 e. The fourth-order valence-corrected chi connectivity index (χ4v) is 2.69. The molecule has 2 amide bonds. The maximum absolute atomic E-state index is 11.9. The molecule has 0 aromatic carbocycles. The van der Waals surface area contributed by atoms with Crippen molar-refractivity contribution in [2.75, 3.05) is 27.2 Å². The Morgan fingerprint density at radius 1 is 1.20 bits per heavy atom. The van der Waals surface area contributed by atoms with E-state index >= 15 is 0 Å². The highest BCUT2D eigenvalue weighted by molar-refractivity contribution is 5.85. The van der Waals surface area contributed by atoms with Crippen molar-refractivity contribution in [3.05, 3.63) is 0 Å². The van der Waals surface area contributed by atoms with Crippen molar-refractivity contribution in [1.29, 1.82) is 0 Å². The van der Waals surface area contributed by atoms with Crippen LogP contribution in [0.15, 0.2) is 0 Å². The molecule has 0 aromatic heterocycles. The number of carbonyl (C=O) groups is 2. The molecule has 0 saturated heterocycles. The Morgan fingerprint density at radius 2 is 1.80 bits per heavy atom. The SMILES string of the molecule is CN(C)C(=O)CCNC(=O)CC1(CN)CCCCC1.Cl. The molecule has 0 radical (unpaired) electrons. The molecule has 0 unspecified atom stereocenters. The lowest BCUT2D eigenvalue weighted by molar-refractivity contribution is -0.128. The molecule has 118 valence electrons. The second kappa shape index (κ2) is 9.19. The van der Waals surface area contributed by atoms with Crippen molar-refractivity contribution in [2.45, 2.75) is 44.9 Å². The maximum Gasteiger partial charge on any atom is 0.223 e. The molecule has 0 bridgehead atoms. The number of hydrogen-bond donors (Lipinski definition) is 2. The Labute approximate surface area is 128 Å². The van der Waals surface area contributed by atoms with E-state index in [4.69, 9.17) is 5.73 Å². The monoisotopic (exact) mass is 305 g/mol. The number of nitrogens with two attached hydrogens (primary N) is 1. The molecule has 0 heterocycles. The second-order valence-electron chi connectivity index (χ2n) is 5.83. The van der Waals surface area contributed by atoms with Gasteiger partial charge in [0.15, 0.2) is 0 Å². The summed E-state index contributed by atoms with van der Waals surface area (Å²) in [5.74, 6) is 0.0606. The molecule has 0 aromatic rings. The third-order valence-electron chi connectivity index (χ3n) is 4.04. The number of rotatable bonds is 6. The highest BCUT2D eigenvalue weighted by Crippen LogP contribution is 2.38. The predicted octanol–water partition coefficient (Wildman–Crippen LogP) is 1.30. The summed E-state index contributed by atoms with van der Waals surface area (Å²) in [6, 6.07) is 0. The van der Waals surface area contributed by atoms with Crippen LogP contribution in [0.25, 0.3) is 0 Å². The topological polar surface area (TPSA) is 75.4 Å². The van der Waals surface area contributed by atoms with Gasteiger partial charge >= 0.3 is 0 Å². The normalized spacial score (nSPS) is 16.9. The largest absolute Gasteiger partial charge is 0.356 e. The van der Waals surface area contributed by atoms with Gasteiger partial charge < -0.3 is 16.0 Å². The first-order valence-corrected chi connectivity index (χ1v) is 7.16. The first-order valence-electron chi connectivity index (χ1n) is 7.16. The van der Waals surface area contributed by atoms with Crippen LogP contribution in [0.1, 0.15) is 44.9 Å². The number of halogens is 1. The fraction of sp³-hybridized carbons (Fsp3) is 0.857. The quantitative estimate of drug-likeness (QED) is 0.777. The van der Waals surface area contributed by atoms with Crippen LogP contribution < -0.4 is 11.1 Å². The molecule has 20 heavy (non-hydrogen) atoms. The zero-order chi connectivity index (χ0) is 14.3. The van der Waals surface area contributed by atoms with Crippen LogP contribution in [0.4, 0.5) is 0 Å². The summed E-state index contributed by atoms with van der Waals surface area (Å²) in [6.45, 7) is 0.994. The van der Waals surface area contributed by atoms with Gasteiger partial charge in [0.2, 0.25) is 11.8 Å². The Kier molecular flexibility index (Phi) is 8.81. The zero-order valence-electron chi connectivity index (χ0n) is 12.6. The Hall–Kier alpha value is -0.810. The molecular formula is C14H28ClN3O2. The van der Waals surface area contributed by atoms with Crippen molar-refractivity contribution >= 4 is 24.2 Å². The molecule has 1 aliphatic rings. The highest BCUT2D eigenvalue weighted by atomic mass is 35.5. The maximum atomic E-state index is 11.9. The van der Waals surface area contributed by atoms with Crippen LogP contribution in [0, 0.1) is 5.41 Å². The third-order valence-corrected chi connectivity index (χ3v) is 4.04. The molecule has 0 spiro atoms. The zero-order valence-corrected chi connectivity index (χ0v) is 13.4. The van der Waals surface area contributed by atoms with Crippen LogP contribution in [-0.2, 0) is 9.59 Å². The summed E-state index contributed by atoms with van der Waals surface area (Å²) in [5.41, 5.74) is 5.86. The van der Waals surface area contributed by atoms with Gasteiger partial charge in [-0.15, -0.1) is 12.4 Å². The summed E-state index contributed by atoms with van der Waals surface area (Å²) < 4.78 is 0. The van der Waals surface area contributed by atoms with Gasteiger partial charge in [-0.05, 0) is 24.8 Å². The number of amides is 2. The number of nitrogens with one attached hydrogen (secondary N) is 1. The number of carbonyl (C=O) groups excluding carboxylic acids is 2. The number of nitrogens with zero attached hydrogens (tertiary/aromatic N) is 1. The van der Waals surface area contributed by atoms with E-state index in [1.807, 2.05) is 0 Å². The molecular weight excluding hydrogens is 278 g/mol. The van der Waals surface area contributed by atoms with Crippen molar-refractivity contribution in [1.82, 2.24) is 10.2 Å². The van der Waals surface area contributed by atoms with Gasteiger partial charge in [-0.3, -0.25) is 9.59 Å². The van der Waals surface area contributed by atoms with Gasteiger partial charge in [0.05, 0.1) is 0 Å². The van der Waals surface area contributed by atoms with Crippen LogP contribution in [0.2, 0.25) is 0 Å². The number of hydrogen-bond acceptors (Lipinski definition) is 3. The molecule has 6 heteroatoms. The van der Waals surface area contributed by atoms with Gasteiger partial charge in [-0.1, -0.05) is 19.3 Å². The van der Waals surface area contributed by atoms with E-state index in [1.54, 1.807) is 14.1 Å². The van der Waals surface area contributed by atoms with Gasteiger partial charge in [0, 0.05) is 33.5 Å². The third kappa shape index (κ3) is 6.09. The van der Waals surface area contributed by atoms with E-state index in [2.05, 4.69) is 5.32 Å². The van der Waals surface area contributed by atoms with Crippen molar-refractivity contribution in [2.24, 2.45) is 11.1 Å². The van der Waals surface area contributed by atoms with Crippen LogP contribution in [-0.4, -0.2) is 43.9 Å². The minimum absolute atomic E-state index is 0. The van der Waals surface area contributed by atoms with Crippen LogP contribution in [0.5, 0.6) is 0 Å². The highest BCUT2D eigenvalue weighted by Gasteiger charge is 2.32. The summed E-state index contributed by atoms with van der Waals surface area (Å²) in [7, 11) is 3.44. The van der Waals surface area contributed by atoms with E-state index in [-0.39, 0.29) is 29.6 Å². The van der Waals surface area contributed by atoms with Crippen molar-refractivity contribution in [3.63, 3.8) is 0 Å². The summed E-state index contributed by atoms with van der Waals surface area (Å²) in [6.07, 6.45) is 6.54. The fourth-order valence-electron chi connectivity index (χ4n) is 2.69. The van der Waals surface area contributed by atoms with Gasteiger partial charge in [-0.2, -0.15) is 0 Å². The van der Waals surface area contributed by atoms with Gasteiger partial charge in [0.25, 0.3) is 0 Å².